The molecule has 1 aliphatic heterocycles. The molecule has 1 aliphatic carbocycles. The Morgan fingerprint density at radius 2 is 2.20 bits per heavy atom. The molecule has 4 atom stereocenters. The molecule has 0 aromatic rings. The van der Waals surface area contributed by atoms with E-state index in [0.29, 0.717) is 25.1 Å². The average molecular weight is 213 g/mol. The molecule has 0 aromatic carbocycles. The highest BCUT2D eigenvalue weighted by Crippen LogP contribution is 2.38. The molecule has 0 spiro atoms. The van der Waals surface area contributed by atoms with Gasteiger partial charge in [0.05, 0.1) is 6.61 Å². The fourth-order valence-corrected chi connectivity index (χ4v) is 2.60. The molecule has 1 saturated carbocycles. The minimum Gasteiger partial charge on any atom is -0.479 e. The Labute approximate surface area is 90.2 Å². The van der Waals surface area contributed by atoms with Gasteiger partial charge >= 0.3 is 5.97 Å². The van der Waals surface area contributed by atoms with Gasteiger partial charge in [0.1, 0.15) is 0 Å². The zero-order chi connectivity index (χ0) is 11.0. The van der Waals surface area contributed by atoms with E-state index in [1.165, 1.54) is 6.42 Å². The number of carbonyl (C=O) groups is 1. The van der Waals surface area contributed by atoms with Crippen LogP contribution in [0.4, 0.5) is 0 Å². The van der Waals surface area contributed by atoms with Crippen molar-refractivity contribution in [2.75, 3.05) is 19.7 Å². The minimum atomic E-state index is -0.834. The molecule has 4 heteroatoms. The molecule has 1 heterocycles. The number of morpholine rings is 1. The first kappa shape index (κ1) is 10.9. The molecule has 1 saturated heterocycles. The summed E-state index contributed by atoms with van der Waals surface area (Å²) in [5.74, 6) is 0.637. The predicted molar refractivity (Wildman–Crippen MR) is 55.7 cm³/mol. The molecule has 2 aliphatic rings. The number of hydrogen-bond donors (Lipinski definition) is 1. The van der Waals surface area contributed by atoms with E-state index in [9.17, 15) is 4.79 Å². The molecular formula is C11H19NO3. The van der Waals surface area contributed by atoms with Gasteiger partial charge in [-0.05, 0) is 18.3 Å². The van der Waals surface area contributed by atoms with Gasteiger partial charge in [0, 0.05) is 19.1 Å². The van der Waals surface area contributed by atoms with Crippen molar-refractivity contribution in [2.24, 2.45) is 11.8 Å². The molecule has 0 amide bonds. The van der Waals surface area contributed by atoms with Crippen LogP contribution in [0.25, 0.3) is 0 Å². The van der Waals surface area contributed by atoms with Gasteiger partial charge in [0.2, 0.25) is 0 Å². The highest BCUT2D eigenvalue weighted by Gasteiger charge is 2.41. The van der Waals surface area contributed by atoms with Crippen LogP contribution >= 0.6 is 0 Å². The van der Waals surface area contributed by atoms with Crippen molar-refractivity contribution in [1.29, 1.82) is 0 Å². The van der Waals surface area contributed by atoms with Crippen molar-refractivity contribution in [1.82, 2.24) is 4.90 Å². The number of rotatable bonds is 2. The molecule has 4 nitrogen and oxygen atoms in total. The summed E-state index contributed by atoms with van der Waals surface area (Å²) in [5, 5.41) is 8.89. The number of carboxylic acid groups (broad SMARTS) is 1. The fraction of sp³-hybridized carbons (Fsp3) is 0.909. The van der Waals surface area contributed by atoms with Crippen LogP contribution in [0.2, 0.25) is 0 Å². The maximum Gasteiger partial charge on any atom is 0.334 e. The smallest absolute Gasteiger partial charge is 0.334 e. The second kappa shape index (κ2) is 4.10. The van der Waals surface area contributed by atoms with Gasteiger partial charge in [0.25, 0.3) is 0 Å². The summed E-state index contributed by atoms with van der Waals surface area (Å²) in [6.45, 7) is 6.50. The Bertz CT molecular complexity index is 256. The van der Waals surface area contributed by atoms with Crippen LogP contribution in [0.15, 0.2) is 0 Å². The van der Waals surface area contributed by atoms with Gasteiger partial charge in [-0.1, -0.05) is 13.8 Å². The number of aliphatic carboxylic acids is 1. The lowest BCUT2D eigenvalue weighted by Crippen LogP contribution is -2.57. The molecule has 2 fully saturated rings. The lowest BCUT2D eigenvalue weighted by molar-refractivity contribution is -0.160. The van der Waals surface area contributed by atoms with Crippen LogP contribution < -0.4 is 0 Å². The number of hydrogen-bond acceptors (Lipinski definition) is 3. The van der Waals surface area contributed by atoms with E-state index in [2.05, 4.69) is 18.7 Å². The monoisotopic (exact) mass is 213 g/mol. The number of carboxylic acids is 1. The average Bonchev–Trinajstić information content (AvgIpc) is 2.25. The van der Waals surface area contributed by atoms with Crippen molar-refractivity contribution in [3.05, 3.63) is 0 Å². The highest BCUT2D eigenvalue weighted by atomic mass is 16.5. The van der Waals surface area contributed by atoms with Gasteiger partial charge in [0.15, 0.2) is 6.10 Å². The van der Waals surface area contributed by atoms with Crippen molar-refractivity contribution in [2.45, 2.75) is 32.4 Å². The Balaban J connectivity index is 1.91. The minimum absolute atomic E-state index is 0.550. The topological polar surface area (TPSA) is 49.8 Å². The molecule has 0 aromatic heterocycles. The van der Waals surface area contributed by atoms with Crippen molar-refractivity contribution in [3.63, 3.8) is 0 Å². The predicted octanol–water partition coefficient (Wildman–Crippen LogP) is 0.816. The molecule has 4 unspecified atom stereocenters. The molecule has 15 heavy (non-hydrogen) atoms. The summed E-state index contributed by atoms with van der Waals surface area (Å²) >= 11 is 0. The van der Waals surface area contributed by atoms with E-state index >= 15 is 0 Å². The Morgan fingerprint density at radius 1 is 1.47 bits per heavy atom. The first-order valence-electron chi connectivity index (χ1n) is 5.68. The van der Waals surface area contributed by atoms with Crippen molar-refractivity contribution < 1.29 is 14.6 Å². The molecule has 0 bridgehead atoms. The molecule has 2 rings (SSSR count). The standard InChI is InChI=1S/C11H19NO3/c1-7-5-9(8(7)2)12-3-4-15-10(6-12)11(13)14/h7-10H,3-6H2,1-2H3,(H,13,14). The molecule has 0 radical (unpaired) electrons. The van der Waals surface area contributed by atoms with Gasteiger partial charge in [-0.25, -0.2) is 4.79 Å². The summed E-state index contributed by atoms with van der Waals surface area (Å²) in [7, 11) is 0. The first-order valence-corrected chi connectivity index (χ1v) is 5.68. The van der Waals surface area contributed by atoms with Gasteiger partial charge in [-0.2, -0.15) is 0 Å². The third-order valence-corrected chi connectivity index (χ3v) is 3.96. The normalized spacial score (nSPS) is 42.3. The molecule has 86 valence electrons. The Morgan fingerprint density at radius 3 is 2.73 bits per heavy atom. The van der Waals surface area contributed by atoms with E-state index < -0.39 is 12.1 Å². The van der Waals surface area contributed by atoms with E-state index in [-0.39, 0.29) is 0 Å². The van der Waals surface area contributed by atoms with E-state index in [0.717, 1.165) is 12.5 Å². The van der Waals surface area contributed by atoms with Gasteiger partial charge in [-0.3, -0.25) is 4.90 Å². The van der Waals surface area contributed by atoms with Gasteiger partial charge in [-0.15, -0.1) is 0 Å². The summed E-state index contributed by atoms with van der Waals surface area (Å²) < 4.78 is 5.21. The van der Waals surface area contributed by atoms with Gasteiger partial charge < -0.3 is 9.84 Å². The summed E-state index contributed by atoms with van der Waals surface area (Å²) in [6, 6.07) is 0.575. The zero-order valence-corrected chi connectivity index (χ0v) is 9.35. The Kier molecular flexibility index (Phi) is 2.98. The summed E-state index contributed by atoms with van der Waals surface area (Å²) in [6.07, 6.45) is 0.579. The number of ether oxygens (including phenoxy) is 1. The van der Waals surface area contributed by atoms with Crippen LogP contribution in [0, 0.1) is 11.8 Å². The molecule has 1 N–H and O–H groups in total. The SMILES string of the molecule is CC1CC(N2CCOC(C(=O)O)C2)C1C. The fourth-order valence-electron chi connectivity index (χ4n) is 2.60. The third-order valence-electron chi connectivity index (χ3n) is 3.96. The quantitative estimate of drug-likeness (QED) is 0.737. The van der Waals surface area contributed by atoms with Crippen LogP contribution in [0.3, 0.4) is 0 Å². The lowest BCUT2D eigenvalue weighted by Gasteiger charge is -2.49. The van der Waals surface area contributed by atoms with E-state index in [1.54, 1.807) is 0 Å². The van der Waals surface area contributed by atoms with Crippen LogP contribution in [0.5, 0.6) is 0 Å². The second-order valence-corrected chi connectivity index (χ2v) is 4.83. The Hall–Kier alpha value is -0.610. The maximum atomic E-state index is 10.8. The maximum absolute atomic E-state index is 10.8. The van der Waals surface area contributed by atoms with E-state index in [4.69, 9.17) is 9.84 Å². The second-order valence-electron chi connectivity index (χ2n) is 4.83. The largest absolute Gasteiger partial charge is 0.479 e. The zero-order valence-electron chi connectivity index (χ0n) is 9.35. The summed E-state index contributed by atoms with van der Waals surface area (Å²) in [4.78, 5) is 13.1. The van der Waals surface area contributed by atoms with Crippen LogP contribution in [-0.2, 0) is 9.53 Å². The first-order chi connectivity index (χ1) is 7.09. The molecular weight excluding hydrogens is 194 g/mol. The van der Waals surface area contributed by atoms with Crippen molar-refractivity contribution >= 4 is 5.97 Å². The lowest BCUT2D eigenvalue weighted by atomic mass is 9.70. The third kappa shape index (κ3) is 2.01. The number of nitrogens with zero attached hydrogens (tertiary/aromatic N) is 1. The summed E-state index contributed by atoms with van der Waals surface area (Å²) in [5.41, 5.74) is 0. The van der Waals surface area contributed by atoms with E-state index in [1.807, 2.05) is 0 Å². The van der Waals surface area contributed by atoms with Crippen LogP contribution in [0.1, 0.15) is 20.3 Å². The van der Waals surface area contributed by atoms with Crippen molar-refractivity contribution in [3.8, 4) is 0 Å². The highest BCUT2D eigenvalue weighted by molar-refractivity contribution is 5.72. The van der Waals surface area contributed by atoms with Crippen LogP contribution in [-0.4, -0.2) is 47.8 Å².